The predicted molar refractivity (Wildman–Crippen MR) is 100 cm³/mol. The summed E-state index contributed by atoms with van der Waals surface area (Å²) in [6, 6.07) is 0. The summed E-state index contributed by atoms with van der Waals surface area (Å²) in [6.45, 7) is 4.97. The van der Waals surface area contributed by atoms with E-state index in [4.69, 9.17) is 0 Å². The minimum Gasteiger partial charge on any atom is -0.357 e. The number of rotatable bonds is 10. The molecular formula is C12H28IN3S2. The second kappa shape index (κ2) is 17.7. The molecule has 18 heavy (non-hydrogen) atoms. The number of nitrogens with zero attached hydrogens (tertiary/aromatic N) is 1. The molecule has 0 fully saturated rings. The third-order valence-electron chi connectivity index (χ3n) is 2.19. The first kappa shape index (κ1) is 21.0. The fourth-order valence-electron chi connectivity index (χ4n) is 1.32. The molecule has 0 amide bonds. The highest BCUT2D eigenvalue weighted by molar-refractivity contribution is 14.0. The van der Waals surface area contributed by atoms with Crippen LogP contribution in [0.5, 0.6) is 0 Å². The molecule has 0 atom stereocenters. The molecule has 0 unspecified atom stereocenters. The van der Waals surface area contributed by atoms with Crippen LogP contribution in [-0.2, 0) is 0 Å². The molecule has 2 N–H and O–H groups in total. The van der Waals surface area contributed by atoms with Gasteiger partial charge in [-0.25, -0.2) is 0 Å². The molecule has 3 nitrogen and oxygen atoms in total. The minimum atomic E-state index is 0. The lowest BCUT2D eigenvalue weighted by atomic mass is 10.3. The van der Waals surface area contributed by atoms with Crippen molar-refractivity contribution in [2.75, 3.05) is 43.7 Å². The van der Waals surface area contributed by atoms with Gasteiger partial charge in [0.05, 0.1) is 0 Å². The van der Waals surface area contributed by atoms with Crippen LogP contribution >= 0.6 is 47.5 Å². The molecule has 110 valence electrons. The van der Waals surface area contributed by atoms with Crippen molar-refractivity contribution >= 4 is 53.5 Å². The van der Waals surface area contributed by atoms with E-state index in [1.807, 2.05) is 23.5 Å². The Morgan fingerprint density at radius 1 is 1.00 bits per heavy atom. The Balaban J connectivity index is 0. The second-order valence-electron chi connectivity index (χ2n) is 3.73. The monoisotopic (exact) mass is 405 g/mol. The van der Waals surface area contributed by atoms with Gasteiger partial charge in [0.2, 0.25) is 0 Å². The van der Waals surface area contributed by atoms with Crippen molar-refractivity contribution < 1.29 is 0 Å². The molecule has 0 bridgehead atoms. The van der Waals surface area contributed by atoms with Gasteiger partial charge >= 0.3 is 0 Å². The number of aliphatic imine (C=N–C) groups is 1. The number of nitrogens with one attached hydrogen (secondary N) is 2. The van der Waals surface area contributed by atoms with E-state index in [1.165, 1.54) is 24.3 Å². The Morgan fingerprint density at radius 2 is 1.67 bits per heavy atom. The summed E-state index contributed by atoms with van der Waals surface area (Å²) in [7, 11) is 0. The maximum absolute atomic E-state index is 4.54. The first-order valence-electron chi connectivity index (χ1n) is 6.35. The lowest BCUT2D eigenvalue weighted by Crippen LogP contribution is -2.37. The van der Waals surface area contributed by atoms with E-state index in [2.05, 4.69) is 35.1 Å². The molecule has 0 rings (SSSR count). The fraction of sp³-hybridized carbons (Fsp3) is 0.917. The van der Waals surface area contributed by atoms with Crippen LogP contribution in [-0.4, -0.2) is 49.6 Å². The molecule has 0 heterocycles. The van der Waals surface area contributed by atoms with Gasteiger partial charge in [0, 0.05) is 19.6 Å². The van der Waals surface area contributed by atoms with Crippen LogP contribution in [0.2, 0.25) is 0 Å². The number of guanidine groups is 1. The van der Waals surface area contributed by atoms with Gasteiger partial charge in [0.1, 0.15) is 0 Å². The molecule has 0 aromatic heterocycles. The van der Waals surface area contributed by atoms with Gasteiger partial charge in [-0.2, -0.15) is 23.5 Å². The third kappa shape index (κ3) is 14.8. The smallest absolute Gasteiger partial charge is 0.191 e. The van der Waals surface area contributed by atoms with Crippen molar-refractivity contribution in [3.05, 3.63) is 0 Å². The average molecular weight is 405 g/mol. The summed E-state index contributed by atoms with van der Waals surface area (Å²) in [5.74, 6) is 3.41. The molecule has 0 aliphatic carbocycles. The maximum atomic E-state index is 4.54. The summed E-state index contributed by atoms with van der Waals surface area (Å²) >= 11 is 3.80. The largest absolute Gasteiger partial charge is 0.357 e. The van der Waals surface area contributed by atoms with Gasteiger partial charge in [-0.15, -0.1) is 24.0 Å². The Bertz CT molecular complexity index is 192. The van der Waals surface area contributed by atoms with Gasteiger partial charge in [-0.3, -0.25) is 4.99 Å². The Hall–Kier alpha value is 0.700. The number of hydrogen-bond donors (Lipinski definition) is 2. The topological polar surface area (TPSA) is 36.4 Å². The van der Waals surface area contributed by atoms with Crippen molar-refractivity contribution in [3.8, 4) is 0 Å². The zero-order chi connectivity index (χ0) is 12.8. The molecule has 6 heteroatoms. The van der Waals surface area contributed by atoms with Crippen molar-refractivity contribution in [1.82, 2.24) is 10.6 Å². The SMILES string of the molecule is CCNC(=NCCCSC)NCCCCSC.I. The standard InChI is InChI=1S/C12H27N3S2.HI/c1-4-13-12(15-9-7-11-17-3)14-8-5-6-10-16-2;/h4-11H2,1-3H3,(H2,13,14,15);1H. The predicted octanol–water partition coefficient (Wildman–Crippen LogP) is 3.06. The molecule has 0 aliphatic heterocycles. The van der Waals surface area contributed by atoms with Gasteiger partial charge in [-0.1, -0.05) is 0 Å². The van der Waals surface area contributed by atoms with Crippen molar-refractivity contribution in [3.63, 3.8) is 0 Å². The Kier molecular flexibility index (Phi) is 20.7. The van der Waals surface area contributed by atoms with Crippen molar-refractivity contribution in [2.24, 2.45) is 4.99 Å². The first-order chi connectivity index (χ1) is 8.35. The van der Waals surface area contributed by atoms with E-state index >= 15 is 0 Å². The molecule has 0 saturated heterocycles. The van der Waals surface area contributed by atoms with Gasteiger partial charge in [-0.05, 0) is 50.2 Å². The van der Waals surface area contributed by atoms with E-state index < -0.39 is 0 Å². The average Bonchev–Trinajstić information content (AvgIpc) is 2.34. The maximum Gasteiger partial charge on any atom is 0.191 e. The summed E-state index contributed by atoms with van der Waals surface area (Å²) < 4.78 is 0. The molecule has 0 spiro atoms. The lowest BCUT2D eigenvalue weighted by Gasteiger charge is -2.10. The zero-order valence-electron chi connectivity index (χ0n) is 11.8. The Labute approximate surface area is 138 Å². The number of halogens is 1. The van der Waals surface area contributed by atoms with Crippen LogP contribution < -0.4 is 10.6 Å². The number of hydrogen-bond acceptors (Lipinski definition) is 3. The van der Waals surface area contributed by atoms with E-state index in [-0.39, 0.29) is 24.0 Å². The number of unbranched alkanes of at least 4 members (excludes halogenated alkanes) is 1. The van der Waals surface area contributed by atoms with Crippen LogP contribution in [0, 0.1) is 0 Å². The molecule has 0 aromatic carbocycles. The highest BCUT2D eigenvalue weighted by atomic mass is 127. The highest BCUT2D eigenvalue weighted by Gasteiger charge is 1.95. The van der Waals surface area contributed by atoms with Gasteiger partial charge in [0.25, 0.3) is 0 Å². The normalized spacial score (nSPS) is 10.9. The Morgan fingerprint density at radius 3 is 2.28 bits per heavy atom. The summed E-state index contributed by atoms with van der Waals surface area (Å²) in [5, 5.41) is 6.66. The third-order valence-corrected chi connectivity index (χ3v) is 3.58. The quantitative estimate of drug-likeness (QED) is 0.254. The molecule has 0 saturated carbocycles. The van der Waals surface area contributed by atoms with E-state index in [0.29, 0.717) is 0 Å². The second-order valence-corrected chi connectivity index (χ2v) is 5.70. The number of thioether (sulfide) groups is 2. The van der Waals surface area contributed by atoms with Crippen LogP contribution in [0.1, 0.15) is 26.2 Å². The van der Waals surface area contributed by atoms with Crippen LogP contribution in [0.25, 0.3) is 0 Å². The van der Waals surface area contributed by atoms with Crippen LogP contribution in [0.4, 0.5) is 0 Å². The lowest BCUT2D eigenvalue weighted by molar-refractivity contribution is 0.733. The van der Waals surface area contributed by atoms with Crippen molar-refractivity contribution in [1.29, 1.82) is 0 Å². The summed E-state index contributed by atoms with van der Waals surface area (Å²) in [5.41, 5.74) is 0. The first-order valence-corrected chi connectivity index (χ1v) is 9.14. The van der Waals surface area contributed by atoms with Gasteiger partial charge in [0.15, 0.2) is 5.96 Å². The molecule has 0 radical (unpaired) electrons. The highest BCUT2D eigenvalue weighted by Crippen LogP contribution is 1.98. The van der Waals surface area contributed by atoms with Crippen molar-refractivity contribution in [2.45, 2.75) is 26.2 Å². The van der Waals surface area contributed by atoms with E-state index in [9.17, 15) is 0 Å². The molecule has 0 aliphatic rings. The molecular weight excluding hydrogens is 377 g/mol. The summed E-state index contributed by atoms with van der Waals surface area (Å²) in [6.07, 6.45) is 7.95. The minimum absolute atomic E-state index is 0. The van der Waals surface area contributed by atoms with E-state index in [0.717, 1.165) is 32.0 Å². The zero-order valence-corrected chi connectivity index (χ0v) is 15.8. The fourth-order valence-corrected chi connectivity index (χ4v) is 2.23. The van der Waals surface area contributed by atoms with E-state index in [1.54, 1.807) is 0 Å². The van der Waals surface area contributed by atoms with Crippen LogP contribution in [0.15, 0.2) is 4.99 Å². The van der Waals surface area contributed by atoms with Crippen LogP contribution in [0.3, 0.4) is 0 Å². The summed E-state index contributed by atoms with van der Waals surface area (Å²) in [4.78, 5) is 4.54. The molecule has 0 aromatic rings. The van der Waals surface area contributed by atoms with Gasteiger partial charge < -0.3 is 10.6 Å².